The summed E-state index contributed by atoms with van der Waals surface area (Å²) in [6, 6.07) is 16.8. The maximum atomic E-state index is 13.5. The normalized spacial score (nSPS) is 13.9. The maximum absolute atomic E-state index is 13.5. The molecule has 1 aliphatic heterocycles. The molecule has 7 nitrogen and oxygen atoms in total. The summed E-state index contributed by atoms with van der Waals surface area (Å²) in [4.78, 5) is 17.7. The van der Waals surface area contributed by atoms with Gasteiger partial charge in [-0.15, -0.1) is 0 Å². The van der Waals surface area contributed by atoms with Gasteiger partial charge in [0.2, 0.25) is 0 Å². The third-order valence-electron chi connectivity index (χ3n) is 4.75. The van der Waals surface area contributed by atoms with Gasteiger partial charge in [-0.05, 0) is 48.0 Å². The van der Waals surface area contributed by atoms with Crippen LogP contribution in [-0.4, -0.2) is 32.5 Å². The molecule has 0 bridgehead atoms. The third-order valence-corrected chi connectivity index (χ3v) is 6.76. The van der Waals surface area contributed by atoms with Crippen LogP contribution in [0.5, 0.6) is 0 Å². The molecule has 2 aromatic carbocycles. The fraction of sp³-hybridized carbons (Fsp3) is 0.143. The summed E-state index contributed by atoms with van der Waals surface area (Å²) in [6.45, 7) is 1.17. The van der Waals surface area contributed by atoms with Crippen molar-refractivity contribution in [1.29, 1.82) is 0 Å². The summed E-state index contributed by atoms with van der Waals surface area (Å²) in [5.41, 5.74) is 1.85. The first kappa shape index (κ1) is 20.2. The van der Waals surface area contributed by atoms with Gasteiger partial charge in [-0.3, -0.25) is 14.2 Å². The highest BCUT2D eigenvalue weighted by Gasteiger charge is 2.27. The van der Waals surface area contributed by atoms with Crippen LogP contribution in [0.2, 0.25) is 5.02 Å². The zero-order valence-electron chi connectivity index (χ0n) is 15.9. The van der Waals surface area contributed by atoms with E-state index in [0.29, 0.717) is 29.5 Å². The molecule has 2 amide bonds. The number of hydrogen-bond donors (Lipinski definition) is 1. The number of nitrogens with zero attached hydrogens (tertiary/aromatic N) is 3. The summed E-state index contributed by atoms with van der Waals surface area (Å²) in [5.74, 6) is 0. The number of carbonyl (C=O) groups excluding carboxylic acids is 1. The Morgan fingerprint density at radius 3 is 2.57 bits per heavy atom. The molecule has 0 radical (unpaired) electrons. The predicted molar refractivity (Wildman–Crippen MR) is 116 cm³/mol. The van der Waals surface area contributed by atoms with Crippen LogP contribution in [0.1, 0.15) is 5.56 Å². The topological polar surface area (TPSA) is 82.6 Å². The largest absolute Gasteiger partial charge is 0.336 e. The smallest absolute Gasteiger partial charge is 0.321 e. The number of anilines is 2. The quantitative estimate of drug-likeness (QED) is 0.631. The van der Waals surface area contributed by atoms with Crippen LogP contribution in [0.15, 0.2) is 78.0 Å². The first-order chi connectivity index (χ1) is 14.4. The van der Waals surface area contributed by atoms with E-state index >= 15 is 0 Å². The second kappa shape index (κ2) is 8.33. The van der Waals surface area contributed by atoms with Crippen molar-refractivity contribution in [3.63, 3.8) is 0 Å². The Kier molecular flexibility index (Phi) is 5.61. The Morgan fingerprint density at radius 2 is 1.90 bits per heavy atom. The van der Waals surface area contributed by atoms with Crippen LogP contribution >= 0.6 is 11.6 Å². The first-order valence-electron chi connectivity index (χ1n) is 9.28. The van der Waals surface area contributed by atoms with E-state index in [4.69, 9.17) is 11.6 Å². The molecule has 1 fully saturated rings. The molecule has 1 aliphatic rings. The molecular formula is C21H19ClN4O3S. The number of urea groups is 1. The number of rotatable bonds is 6. The van der Waals surface area contributed by atoms with Crippen LogP contribution in [-0.2, 0) is 16.6 Å². The Morgan fingerprint density at radius 1 is 1.10 bits per heavy atom. The van der Waals surface area contributed by atoms with Gasteiger partial charge < -0.3 is 5.32 Å². The number of hydrogen-bond acceptors (Lipinski definition) is 4. The van der Waals surface area contributed by atoms with Crippen LogP contribution < -0.4 is 14.5 Å². The summed E-state index contributed by atoms with van der Waals surface area (Å²) < 4.78 is 28.2. The van der Waals surface area contributed by atoms with E-state index in [1.165, 1.54) is 22.8 Å². The van der Waals surface area contributed by atoms with Crippen molar-refractivity contribution in [2.45, 2.75) is 11.4 Å². The van der Waals surface area contributed by atoms with Crippen molar-refractivity contribution < 1.29 is 13.2 Å². The molecule has 1 N–H and O–H groups in total. The SMILES string of the molecule is O=C1NCCN1c1cccc(N(Cc2ccc(Cl)cc2)S(=O)(=O)c2cccnc2)c1. The molecule has 4 rings (SSSR count). The van der Waals surface area contributed by atoms with Crippen molar-refractivity contribution in [2.24, 2.45) is 0 Å². The van der Waals surface area contributed by atoms with Gasteiger partial charge in [0.1, 0.15) is 4.90 Å². The van der Waals surface area contributed by atoms with Gasteiger partial charge in [0.05, 0.1) is 12.2 Å². The van der Waals surface area contributed by atoms with E-state index in [2.05, 4.69) is 10.3 Å². The van der Waals surface area contributed by atoms with Crippen LogP contribution in [0.4, 0.5) is 16.2 Å². The predicted octanol–water partition coefficient (Wildman–Crippen LogP) is 3.66. The number of benzene rings is 2. The van der Waals surface area contributed by atoms with Gasteiger partial charge in [0.15, 0.2) is 0 Å². The molecule has 0 saturated carbocycles. The van der Waals surface area contributed by atoms with E-state index in [0.717, 1.165) is 5.56 Å². The van der Waals surface area contributed by atoms with Gasteiger partial charge >= 0.3 is 6.03 Å². The first-order valence-corrected chi connectivity index (χ1v) is 11.1. The fourth-order valence-corrected chi connectivity index (χ4v) is 4.77. The summed E-state index contributed by atoms with van der Waals surface area (Å²) in [7, 11) is -3.90. The Balaban J connectivity index is 1.77. The molecule has 9 heteroatoms. The van der Waals surface area contributed by atoms with E-state index in [1.807, 2.05) is 0 Å². The fourth-order valence-electron chi connectivity index (χ4n) is 3.23. The van der Waals surface area contributed by atoms with Crippen LogP contribution in [0, 0.1) is 0 Å². The summed E-state index contributed by atoms with van der Waals surface area (Å²) in [6.07, 6.45) is 2.84. The van der Waals surface area contributed by atoms with Gasteiger partial charge in [-0.25, -0.2) is 13.2 Å². The van der Waals surface area contributed by atoms with Crippen molar-refractivity contribution in [2.75, 3.05) is 22.3 Å². The van der Waals surface area contributed by atoms with Gasteiger partial charge in [-0.1, -0.05) is 29.8 Å². The zero-order valence-corrected chi connectivity index (χ0v) is 17.5. The Hall–Kier alpha value is -3.10. The number of aromatic nitrogens is 1. The lowest BCUT2D eigenvalue weighted by molar-refractivity contribution is 0.252. The highest BCUT2D eigenvalue weighted by molar-refractivity contribution is 7.92. The lowest BCUT2D eigenvalue weighted by atomic mass is 10.2. The van der Waals surface area contributed by atoms with Crippen molar-refractivity contribution in [3.8, 4) is 0 Å². The standard InChI is InChI=1S/C21H19ClN4O3S/c22-17-8-6-16(7-9-17)15-26(30(28,29)20-5-2-10-23-14-20)19-4-1-3-18(13-19)25-12-11-24-21(25)27/h1-10,13-14H,11-12,15H2,(H,24,27). The van der Waals surface area contributed by atoms with Gasteiger partial charge in [0.25, 0.3) is 10.0 Å². The molecule has 2 heterocycles. The van der Waals surface area contributed by atoms with Crippen molar-refractivity contribution in [1.82, 2.24) is 10.3 Å². The molecule has 1 saturated heterocycles. The molecule has 30 heavy (non-hydrogen) atoms. The summed E-state index contributed by atoms with van der Waals surface area (Å²) >= 11 is 5.97. The van der Waals surface area contributed by atoms with Crippen molar-refractivity contribution in [3.05, 3.63) is 83.6 Å². The molecule has 0 unspecified atom stereocenters. The molecular weight excluding hydrogens is 424 g/mol. The number of pyridine rings is 1. The average molecular weight is 443 g/mol. The lowest BCUT2D eigenvalue weighted by Crippen LogP contribution is -2.31. The van der Waals surface area contributed by atoms with E-state index in [1.54, 1.807) is 59.5 Å². The number of halogens is 1. The second-order valence-electron chi connectivity index (χ2n) is 6.73. The van der Waals surface area contributed by atoms with Gasteiger partial charge in [-0.2, -0.15) is 0 Å². The summed E-state index contributed by atoms with van der Waals surface area (Å²) in [5, 5.41) is 3.32. The van der Waals surface area contributed by atoms with E-state index in [9.17, 15) is 13.2 Å². The second-order valence-corrected chi connectivity index (χ2v) is 9.03. The molecule has 154 valence electrons. The van der Waals surface area contributed by atoms with Crippen LogP contribution in [0.25, 0.3) is 0 Å². The van der Waals surface area contributed by atoms with Gasteiger partial charge in [0, 0.05) is 36.2 Å². The highest BCUT2D eigenvalue weighted by Crippen LogP contribution is 2.30. The minimum Gasteiger partial charge on any atom is -0.336 e. The minimum atomic E-state index is -3.90. The molecule has 0 spiro atoms. The third kappa shape index (κ3) is 4.10. The monoisotopic (exact) mass is 442 g/mol. The van der Waals surface area contributed by atoms with Crippen molar-refractivity contribution >= 4 is 39.0 Å². The lowest BCUT2D eigenvalue weighted by Gasteiger charge is -2.26. The average Bonchev–Trinajstić information content (AvgIpc) is 3.20. The molecule has 3 aromatic rings. The Bertz CT molecular complexity index is 1150. The molecule has 1 aromatic heterocycles. The minimum absolute atomic E-state index is 0.0864. The Labute approximate surface area is 180 Å². The van der Waals surface area contributed by atoms with E-state index < -0.39 is 10.0 Å². The molecule has 0 atom stereocenters. The highest BCUT2D eigenvalue weighted by atomic mass is 35.5. The molecule has 0 aliphatic carbocycles. The zero-order chi connectivity index (χ0) is 21.1. The number of carbonyl (C=O) groups is 1. The van der Waals surface area contributed by atoms with E-state index in [-0.39, 0.29) is 17.5 Å². The van der Waals surface area contributed by atoms with Crippen LogP contribution in [0.3, 0.4) is 0 Å². The maximum Gasteiger partial charge on any atom is 0.321 e. The number of sulfonamides is 1. The number of nitrogens with one attached hydrogen (secondary N) is 1. The number of amides is 2.